The van der Waals surface area contributed by atoms with Crippen LogP contribution in [0.1, 0.15) is 30.6 Å². The molecule has 0 amide bonds. The zero-order valence-electron chi connectivity index (χ0n) is 10.8. The number of hydrogen-bond donors (Lipinski definition) is 0. The summed E-state index contributed by atoms with van der Waals surface area (Å²) < 4.78 is 5.29. The summed E-state index contributed by atoms with van der Waals surface area (Å²) in [7, 11) is 0. The Bertz CT molecular complexity index is 502. The first-order valence-electron chi connectivity index (χ1n) is 6.21. The molecule has 1 aromatic rings. The van der Waals surface area contributed by atoms with E-state index in [2.05, 4.69) is 13.8 Å². The average Bonchev–Trinajstić information content (AvgIpc) is 3.07. The maximum absolute atomic E-state index is 12.0. The smallest absolute Gasteiger partial charge is 0.339 e. The van der Waals surface area contributed by atoms with E-state index in [4.69, 9.17) is 39.5 Å². The van der Waals surface area contributed by atoms with Gasteiger partial charge in [-0.25, -0.2) is 4.79 Å². The Balaban J connectivity index is 2.00. The lowest BCUT2D eigenvalue weighted by Crippen LogP contribution is -2.14. The second-order valence-corrected chi connectivity index (χ2v) is 6.42. The molecule has 1 saturated carbocycles. The summed E-state index contributed by atoms with van der Waals surface area (Å²) in [6, 6.07) is 2.97. The number of carbonyl (C=O) groups excluding carboxylic acids is 1. The second kappa shape index (κ2) is 5.90. The van der Waals surface area contributed by atoms with Crippen LogP contribution in [0, 0.1) is 17.8 Å². The Morgan fingerprint density at radius 2 is 2.05 bits per heavy atom. The molecule has 0 aromatic heterocycles. The normalized spacial score (nSPS) is 23.0. The molecule has 0 radical (unpaired) electrons. The Morgan fingerprint density at radius 3 is 2.63 bits per heavy atom. The molecule has 104 valence electrons. The molecule has 1 fully saturated rings. The fraction of sp³-hybridized carbons (Fsp3) is 0.500. The van der Waals surface area contributed by atoms with Gasteiger partial charge in [0.15, 0.2) is 0 Å². The number of benzene rings is 1. The minimum Gasteiger partial charge on any atom is -0.462 e. The van der Waals surface area contributed by atoms with Crippen LogP contribution in [0.3, 0.4) is 0 Å². The number of ether oxygens (including phenoxy) is 1. The number of carbonyl (C=O) groups is 1. The van der Waals surface area contributed by atoms with Crippen molar-refractivity contribution in [2.24, 2.45) is 17.8 Å². The van der Waals surface area contributed by atoms with E-state index in [0.29, 0.717) is 23.5 Å². The van der Waals surface area contributed by atoms with Crippen molar-refractivity contribution in [3.63, 3.8) is 0 Å². The highest BCUT2D eigenvalue weighted by Gasteiger charge is 2.37. The molecule has 3 atom stereocenters. The quantitative estimate of drug-likeness (QED) is 0.570. The fourth-order valence-corrected chi connectivity index (χ4v) is 2.94. The third-order valence-electron chi connectivity index (χ3n) is 3.59. The lowest BCUT2D eigenvalue weighted by molar-refractivity contribution is 0.0433. The van der Waals surface area contributed by atoms with Crippen molar-refractivity contribution < 1.29 is 9.53 Å². The topological polar surface area (TPSA) is 26.3 Å². The van der Waals surface area contributed by atoms with Gasteiger partial charge in [0.1, 0.15) is 0 Å². The molecule has 2 rings (SSSR count). The SMILES string of the molecule is CC(COC(=O)c1cc(Cl)cc(Cl)c1Cl)C1CC1C. The molecule has 3 unspecified atom stereocenters. The molecule has 5 heteroatoms. The molecule has 0 heterocycles. The maximum Gasteiger partial charge on any atom is 0.339 e. The van der Waals surface area contributed by atoms with Crippen LogP contribution >= 0.6 is 34.8 Å². The summed E-state index contributed by atoms with van der Waals surface area (Å²) in [4.78, 5) is 12.0. The fourth-order valence-electron chi connectivity index (χ4n) is 2.26. The number of hydrogen-bond acceptors (Lipinski definition) is 2. The van der Waals surface area contributed by atoms with Gasteiger partial charge >= 0.3 is 5.97 Å². The van der Waals surface area contributed by atoms with Gasteiger partial charge in [0.05, 0.1) is 22.2 Å². The summed E-state index contributed by atoms with van der Waals surface area (Å²) in [5.74, 6) is 1.28. The van der Waals surface area contributed by atoms with Crippen LogP contribution in [-0.4, -0.2) is 12.6 Å². The van der Waals surface area contributed by atoms with E-state index in [1.54, 1.807) is 0 Å². The van der Waals surface area contributed by atoms with Crippen LogP contribution in [0.25, 0.3) is 0 Å². The predicted molar refractivity (Wildman–Crippen MR) is 78.2 cm³/mol. The minimum absolute atomic E-state index is 0.184. The first kappa shape index (κ1) is 15.0. The summed E-state index contributed by atoms with van der Waals surface area (Å²) in [5, 5.41) is 0.804. The number of esters is 1. The van der Waals surface area contributed by atoms with Crippen molar-refractivity contribution in [2.75, 3.05) is 6.61 Å². The van der Waals surface area contributed by atoms with E-state index in [-0.39, 0.29) is 15.6 Å². The standard InChI is InChI=1S/C14H15Cl3O2/c1-7-3-10(7)8(2)6-19-14(18)11-4-9(15)5-12(16)13(11)17/h4-5,7-8,10H,3,6H2,1-2H3. The van der Waals surface area contributed by atoms with Gasteiger partial charge in [-0.3, -0.25) is 0 Å². The minimum atomic E-state index is -0.477. The van der Waals surface area contributed by atoms with Crippen LogP contribution in [0.15, 0.2) is 12.1 Å². The van der Waals surface area contributed by atoms with Crippen molar-refractivity contribution >= 4 is 40.8 Å². The van der Waals surface area contributed by atoms with Gasteiger partial charge in [0.25, 0.3) is 0 Å². The molecule has 2 nitrogen and oxygen atoms in total. The van der Waals surface area contributed by atoms with Crippen LogP contribution in [0.4, 0.5) is 0 Å². The van der Waals surface area contributed by atoms with Gasteiger partial charge in [0.2, 0.25) is 0 Å². The molecule has 0 bridgehead atoms. The highest BCUT2D eigenvalue weighted by atomic mass is 35.5. The first-order chi connectivity index (χ1) is 8.90. The molecule has 0 saturated heterocycles. The van der Waals surface area contributed by atoms with Crippen molar-refractivity contribution in [3.05, 3.63) is 32.8 Å². The highest BCUT2D eigenvalue weighted by Crippen LogP contribution is 2.43. The van der Waals surface area contributed by atoms with E-state index in [1.807, 2.05) is 0 Å². The predicted octanol–water partition coefficient (Wildman–Crippen LogP) is 5.10. The van der Waals surface area contributed by atoms with E-state index < -0.39 is 5.97 Å². The van der Waals surface area contributed by atoms with Gasteiger partial charge in [0, 0.05) is 5.02 Å². The van der Waals surface area contributed by atoms with Gasteiger partial charge in [-0.15, -0.1) is 0 Å². The molecular weight excluding hydrogens is 307 g/mol. The molecule has 19 heavy (non-hydrogen) atoms. The zero-order valence-corrected chi connectivity index (χ0v) is 13.0. The van der Waals surface area contributed by atoms with Crippen LogP contribution in [-0.2, 0) is 4.74 Å². The molecule has 0 N–H and O–H groups in total. The Hall–Kier alpha value is -0.440. The van der Waals surface area contributed by atoms with E-state index in [9.17, 15) is 4.79 Å². The van der Waals surface area contributed by atoms with Crippen molar-refractivity contribution in [2.45, 2.75) is 20.3 Å². The molecule has 0 aliphatic heterocycles. The van der Waals surface area contributed by atoms with Gasteiger partial charge in [-0.05, 0) is 36.3 Å². The van der Waals surface area contributed by atoms with Crippen molar-refractivity contribution in [1.82, 2.24) is 0 Å². The lowest BCUT2D eigenvalue weighted by Gasteiger charge is -2.12. The van der Waals surface area contributed by atoms with Gasteiger partial charge in [-0.2, -0.15) is 0 Å². The number of rotatable bonds is 4. The van der Waals surface area contributed by atoms with Crippen LogP contribution < -0.4 is 0 Å². The summed E-state index contributed by atoms with van der Waals surface area (Å²) in [6.45, 7) is 4.69. The van der Waals surface area contributed by atoms with E-state index in [1.165, 1.54) is 18.6 Å². The highest BCUT2D eigenvalue weighted by molar-refractivity contribution is 6.45. The van der Waals surface area contributed by atoms with Crippen LogP contribution in [0.5, 0.6) is 0 Å². The molecule has 1 aliphatic rings. The van der Waals surface area contributed by atoms with Gasteiger partial charge in [-0.1, -0.05) is 48.7 Å². The molecule has 1 aromatic carbocycles. The first-order valence-corrected chi connectivity index (χ1v) is 7.35. The third-order valence-corrected chi connectivity index (χ3v) is 4.61. The Labute approximate surface area is 128 Å². The monoisotopic (exact) mass is 320 g/mol. The van der Waals surface area contributed by atoms with Crippen molar-refractivity contribution in [1.29, 1.82) is 0 Å². The van der Waals surface area contributed by atoms with E-state index in [0.717, 1.165) is 5.92 Å². The molecule has 1 aliphatic carbocycles. The van der Waals surface area contributed by atoms with Crippen LogP contribution in [0.2, 0.25) is 15.1 Å². The molecular formula is C14H15Cl3O2. The summed E-state index contributed by atoms with van der Waals surface area (Å²) in [6.07, 6.45) is 1.21. The Kier molecular flexibility index (Phi) is 4.65. The summed E-state index contributed by atoms with van der Waals surface area (Å²) in [5.41, 5.74) is 0.218. The second-order valence-electron chi connectivity index (χ2n) is 5.20. The zero-order chi connectivity index (χ0) is 14.2. The third kappa shape index (κ3) is 3.56. The lowest BCUT2D eigenvalue weighted by atomic mass is 10.1. The summed E-state index contributed by atoms with van der Waals surface area (Å²) >= 11 is 17.7. The largest absolute Gasteiger partial charge is 0.462 e. The molecule has 0 spiro atoms. The van der Waals surface area contributed by atoms with Crippen molar-refractivity contribution in [3.8, 4) is 0 Å². The van der Waals surface area contributed by atoms with Gasteiger partial charge < -0.3 is 4.74 Å². The average molecular weight is 322 g/mol. The number of halogens is 3. The van der Waals surface area contributed by atoms with E-state index >= 15 is 0 Å². The Morgan fingerprint density at radius 1 is 1.42 bits per heavy atom. The maximum atomic E-state index is 12.0.